The second-order valence-corrected chi connectivity index (χ2v) is 3.44. The maximum atomic E-state index is 12.3. The van der Waals surface area contributed by atoms with Crippen LogP contribution in [-0.2, 0) is 0 Å². The van der Waals surface area contributed by atoms with Crippen LogP contribution in [0.5, 0.6) is 0 Å². The summed E-state index contributed by atoms with van der Waals surface area (Å²) in [5.74, 6) is 0. The Kier molecular flexibility index (Phi) is 5.23. The summed E-state index contributed by atoms with van der Waals surface area (Å²) in [6.45, 7) is 2.27. The molecule has 0 radical (unpaired) electrons. The van der Waals surface area contributed by atoms with Gasteiger partial charge in [-0.3, -0.25) is 10.1 Å². The van der Waals surface area contributed by atoms with Crippen molar-refractivity contribution in [2.75, 3.05) is 0 Å². The molecule has 0 aromatic rings. The van der Waals surface area contributed by atoms with Gasteiger partial charge in [0.1, 0.15) is 0 Å². The largest absolute Gasteiger partial charge is 0.417 e. The highest BCUT2D eigenvalue weighted by Crippen LogP contribution is 2.30. The summed E-state index contributed by atoms with van der Waals surface area (Å²) >= 11 is 5.26. The van der Waals surface area contributed by atoms with Crippen molar-refractivity contribution in [3.8, 4) is 0 Å². The number of halogens is 4. The fraction of sp³-hybridized carbons (Fsp3) is 0.333. The van der Waals surface area contributed by atoms with Crippen LogP contribution >= 0.6 is 11.6 Å². The number of nitrogens with zero attached hydrogens (tertiary/aromatic N) is 1. The first-order chi connectivity index (χ1) is 7.16. The van der Waals surface area contributed by atoms with E-state index in [1.165, 1.54) is 6.92 Å². The molecule has 0 N–H and O–H groups in total. The van der Waals surface area contributed by atoms with Gasteiger partial charge in [-0.15, -0.1) is 0 Å². The van der Waals surface area contributed by atoms with Crippen molar-refractivity contribution in [1.82, 2.24) is 0 Å². The van der Waals surface area contributed by atoms with Crippen LogP contribution in [0.4, 0.5) is 13.2 Å². The van der Waals surface area contributed by atoms with Gasteiger partial charge in [0.2, 0.25) is 5.70 Å². The Balaban J connectivity index is 4.97. The zero-order chi connectivity index (χ0) is 12.9. The normalized spacial score (nSPS) is 15.2. The summed E-state index contributed by atoms with van der Waals surface area (Å²) < 4.78 is 36.9. The molecular formula is C9H9ClF3NO2. The van der Waals surface area contributed by atoms with Crippen LogP contribution in [0, 0.1) is 10.1 Å². The van der Waals surface area contributed by atoms with Crippen LogP contribution in [0.2, 0.25) is 0 Å². The highest BCUT2D eigenvalue weighted by Gasteiger charge is 2.33. The molecule has 0 aliphatic heterocycles. The summed E-state index contributed by atoms with van der Waals surface area (Å²) in [5, 5.41) is 9.73. The summed E-state index contributed by atoms with van der Waals surface area (Å²) in [4.78, 5) is 9.45. The fourth-order valence-corrected chi connectivity index (χ4v) is 0.919. The third kappa shape index (κ3) is 4.97. The molecular weight excluding hydrogens is 247 g/mol. The lowest BCUT2D eigenvalue weighted by atomic mass is 10.2. The van der Waals surface area contributed by atoms with Crippen molar-refractivity contribution in [3.05, 3.63) is 44.6 Å². The average molecular weight is 256 g/mol. The van der Waals surface area contributed by atoms with Crippen LogP contribution in [0.1, 0.15) is 13.8 Å². The van der Waals surface area contributed by atoms with Gasteiger partial charge in [-0.2, -0.15) is 13.2 Å². The van der Waals surface area contributed by atoms with Crippen molar-refractivity contribution < 1.29 is 18.1 Å². The monoisotopic (exact) mass is 255 g/mol. The molecule has 0 bridgehead atoms. The highest BCUT2D eigenvalue weighted by atomic mass is 35.5. The van der Waals surface area contributed by atoms with E-state index in [1.807, 2.05) is 0 Å². The van der Waals surface area contributed by atoms with E-state index in [0.29, 0.717) is 6.08 Å². The van der Waals surface area contributed by atoms with E-state index < -0.39 is 21.7 Å². The fourth-order valence-electron chi connectivity index (χ4n) is 0.749. The van der Waals surface area contributed by atoms with Gasteiger partial charge in [0.05, 0.1) is 10.5 Å². The first-order valence-electron chi connectivity index (χ1n) is 4.09. The van der Waals surface area contributed by atoms with Gasteiger partial charge >= 0.3 is 6.18 Å². The zero-order valence-corrected chi connectivity index (χ0v) is 9.26. The van der Waals surface area contributed by atoms with Gasteiger partial charge in [-0.05, 0) is 13.0 Å². The van der Waals surface area contributed by atoms with Crippen LogP contribution in [0.15, 0.2) is 34.5 Å². The maximum absolute atomic E-state index is 12.3. The smallest absolute Gasteiger partial charge is 0.259 e. The maximum Gasteiger partial charge on any atom is 0.417 e. The molecule has 90 valence electrons. The van der Waals surface area contributed by atoms with Crippen molar-refractivity contribution in [2.45, 2.75) is 20.0 Å². The molecule has 0 saturated heterocycles. The Labute approximate surface area is 95.0 Å². The Bertz CT molecular complexity index is 365. The Morgan fingerprint density at radius 2 is 1.88 bits per heavy atom. The van der Waals surface area contributed by atoms with E-state index >= 15 is 0 Å². The van der Waals surface area contributed by atoms with Gasteiger partial charge in [0.15, 0.2) is 0 Å². The third-order valence-electron chi connectivity index (χ3n) is 1.56. The molecule has 0 aliphatic carbocycles. The minimum absolute atomic E-state index is 0.259. The molecule has 0 aromatic carbocycles. The number of hydrogen-bond acceptors (Lipinski definition) is 2. The summed E-state index contributed by atoms with van der Waals surface area (Å²) in [6, 6.07) is 0. The van der Waals surface area contributed by atoms with Gasteiger partial charge in [-0.25, -0.2) is 0 Å². The molecule has 0 saturated carbocycles. The van der Waals surface area contributed by atoms with E-state index in [9.17, 15) is 23.3 Å². The predicted octanol–water partition coefficient (Wildman–Crippen LogP) is 3.80. The molecule has 0 fully saturated rings. The second kappa shape index (κ2) is 5.69. The standard InChI is InChI=1S/C9H9ClF3NO2/c1-6(14(15)16)4-3-5-8(7(2)10)9(11,12)13/h3-5H,1-2H3/b5-3-,6-4+,8-7-. The van der Waals surface area contributed by atoms with Gasteiger partial charge < -0.3 is 0 Å². The van der Waals surface area contributed by atoms with Crippen LogP contribution < -0.4 is 0 Å². The van der Waals surface area contributed by atoms with E-state index in [4.69, 9.17) is 11.6 Å². The predicted molar refractivity (Wildman–Crippen MR) is 54.5 cm³/mol. The summed E-state index contributed by atoms with van der Waals surface area (Å²) in [7, 11) is 0. The Hall–Kier alpha value is -1.30. The third-order valence-corrected chi connectivity index (χ3v) is 1.77. The number of rotatable bonds is 3. The second-order valence-electron chi connectivity index (χ2n) is 2.87. The van der Waals surface area contributed by atoms with Crippen LogP contribution in [-0.4, -0.2) is 11.1 Å². The van der Waals surface area contributed by atoms with Gasteiger partial charge in [-0.1, -0.05) is 17.7 Å². The first kappa shape index (κ1) is 14.7. The van der Waals surface area contributed by atoms with Crippen molar-refractivity contribution in [1.29, 1.82) is 0 Å². The SMILES string of the molecule is C\C(Cl)=C(/C=C\C=C(/C)[N+](=O)[O-])C(F)(F)F. The molecule has 0 spiro atoms. The number of allylic oxidation sites excluding steroid dienone is 6. The molecule has 3 nitrogen and oxygen atoms in total. The van der Waals surface area contributed by atoms with Crippen molar-refractivity contribution >= 4 is 11.6 Å². The summed E-state index contributed by atoms with van der Waals surface area (Å²) in [6.07, 6.45) is -1.98. The molecule has 0 heterocycles. The molecule has 16 heavy (non-hydrogen) atoms. The molecule has 0 aromatic heterocycles. The Morgan fingerprint density at radius 1 is 1.38 bits per heavy atom. The quantitative estimate of drug-likeness (QED) is 0.437. The van der Waals surface area contributed by atoms with Crippen molar-refractivity contribution in [2.24, 2.45) is 0 Å². The van der Waals surface area contributed by atoms with Gasteiger partial charge in [0, 0.05) is 18.0 Å². The van der Waals surface area contributed by atoms with Crippen molar-refractivity contribution in [3.63, 3.8) is 0 Å². The van der Waals surface area contributed by atoms with E-state index in [-0.39, 0.29) is 5.70 Å². The Morgan fingerprint density at radius 3 is 2.19 bits per heavy atom. The van der Waals surface area contributed by atoms with Crippen LogP contribution in [0.3, 0.4) is 0 Å². The minimum Gasteiger partial charge on any atom is -0.259 e. The zero-order valence-electron chi connectivity index (χ0n) is 8.51. The van der Waals surface area contributed by atoms with Gasteiger partial charge in [0.25, 0.3) is 0 Å². The topological polar surface area (TPSA) is 43.1 Å². The van der Waals surface area contributed by atoms with Crippen LogP contribution in [0.25, 0.3) is 0 Å². The molecule has 0 amide bonds. The molecule has 0 rings (SSSR count). The first-order valence-corrected chi connectivity index (χ1v) is 4.47. The summed E-state index contributed by atoms with van der Waals surface area (Å²) in [5.41, 5.74) is -1.29. The molecule has 7 heteroatoms. The number of hydrogen-bond donors (Lipinski definition) is 0. The molecule has 0 atom stereocenters. The average Bonchev–Trinajstić information content (AvgIpc) is 2.08. The lowest BCUT2D eigenvalue weighted by Gasteiger charge is -2.07. The lowest BCUT2D eigenvalue weighted by Crippen LogP contribution is -2.10. The minimum atomic E-state index is -4.57. The molecule has 0 unspecified atom stereocenters. The molecule has 0 aliphatic rings. The van der Waals surface area contributed by atoms with E-state index in [1.54, 1.807) is 0 Å². The van der Waals surface area contributed by atoms with E-state index in [2.05, 4.69) is 0 Å². The highest BCUT2D eigenvalue weighted by molar-refractivity contribution is 6.29. The van der Waals surface area contributed by atoms with E-state index in [0.717, 1.165) is 19.1 Å². The number of alkyl halides is 3. The lowest BCUT2D eigenvalue weighted by molar-refractivity contribution is -0.424. The number of nitro groups is 1.